The van der Waals surface area contributed by atoms with Gasteiger partial charge < -0.3 is 15.4 Å². The van der Waals surface area contributed by atoms with Gasteiger partial charge in [-0.1, -0.05) is 64.9 Å². The molecular formula is C22H40N2O4. The molecule has 0 spiro atoms. The van der Waals surface area contributed by atoms with Crippen LogP contribution >= 0.6 is 0 Å². The Morgan fingerprint density at radius 2 is 1.54 bits per heavy atom. The maximum atomic E-state index is 12.1. The van der Waals surface area contributed by atoms with Crippen molar-refractivity contribution < 1.29 is 19.1 Å². The standard InChI is InChI=1S/C22H40N2O4/c1-4-6-7-8-9-10-11-12-13-17-21(26)24-19(22(27)28-3)16-14-15-18-23-20(25)5-2/h5,19H,2,4,6-18H2,1,3H3,(H,23,25)(H,24,26). The van der Waals surface area contributed by atoms with E-state index in [2.05, 4.69) is 24.1 Å². The minimum atomic E-state index is -0.619. The minimum Gasteiger partial charge on any atom is -0.467 e. The molecule has 28 heavy (non-hydrogen) atoms. The molecule has 0 aliphatic rings. The number of esters is 1. The fourth-order valence-corrected chi connectivity index (χ4v) is 3.01. The van der Waals surface area contributed by atoms with Crippen molar-refractivity contribution >= 4 is 17.8 Å². The van der Waals surface area contributed by atoms with Crippen LogP contribution in [-0.2, 0) is 19.1 Å². The largest absolute Gasteiger partial charge is 0.467 e. The van der Waals surface area contributed by atoms with E-state index < -0.39 is 12.0 Å². The lowest BCUT2D eigenvalue weighted by Gasteiger charge is -2.16. The Bertz CT molecular complexity index is 452. The van der Waals surface area contributed by atoms with Crippen molar-refractivity contribution in [2.45, 2.75) is 96.4 Å². The molecular weight excluding hydrogens is 356 g/mol. The van der Waals surface area contributed by atoms with E-state index in [-0.39, 0.29) is 11.8 Å². The van der Waals surface area contributed by atoms with Gasteiger partial charge in [0.1, 0.15) is 6.04 Å². The summed E-state index contributed by atoms with van der Waals surface area (Å²) in [6.45, 7) is 6.13. The van der Waals surface area contributed by atoms with Gasteiger partial charge in [-0.2, -0.15) is 0 Å². The molecule has 0 aromatic carbocycles. The minimum absolute atomic E-state index is 0.0988. The van der Waals surface area contributed by atoms with E-state index in [0.717, 1.165) is 25.7 Å². The highest BCUT2D eigenvalue weighted by molar-refractivity contribution is 5.86. The summed E-state index contributed by atoms with van der Waals surface area (Å²) in [6.07, 6.45) is 14.4. The molecule has 0 radical (unpaired) electrons. The molecule has 2 N–H and O–H groups in total. The van der Waals surface area contributed by atoms with Crippen molar-refractivity contribution in [1.29, 1.82) is 0 Å². The molecule has 0 aliphatic carbocycles. The average molecular weight is 397 g/mol. The monoisotopic (exact) mass is 396 g/mol. The smallest absolute Gasteiger partial charge is 0.328 e. The maximum absolute atomic E-state index is 12.1. The first-order valence-electron chi connectivity index (χ1n) is 10.8. The third kappa shape index (κ3) is 15.2. The predicted octanol–water partition coefficient (Wildman–Crippen LogP) is 4.04. The summed E-state index contributed by atoms with van der Waals surface area (Å²) in [6, 6.07) is -0.619. The number of nitrogens with one attached hydrogen (secondary N) is 2. The molecule has 1 unspecified atom stereocenters. The van der Waals surface area contributed by atoms with Crippen molar-refractivity contribution in [2.75, 3.05) is 13.7 Å². The molecule has 0 fully saturated rings. The fourth-order valence-electron chi connectivity index (χ4n) is 3.01. The molecule has 6 heteroatoms. The Labute approximate surface area is 170 Å². The first-order chi connectivity index (χ1) is 13.5. The number of carbonyl (C=O) groups excluding carboxylic acids is 3. The Morgan fingerprint density at radius 1 is 0.929 bits per heavy atom. The predicted molar refractivity (Wildman–Crippen MR) is 113 cm³/mol. The van der Waals surface area contributed by atoms with Gasteiger partial charge in [0.2, 0.25) is 11.8 Å². The van der Waals surface area contributed by atoms with E-state index in [1.165, 1.54) is 51.7 Å². The number of carbonyl (C=O) groups is 3. The molecule has 0 rings (SSSR count). The molecule has 162 valence electrons. The van der Waals surface area contributed by atoms with Crippen LogP contribution in [0.3, 0.4) is 0 Å². The van der Waals surface area contributed by atoms with Gasteiger partial charge in [0.15, 0.2) is 0 Å². The van der Waals surface area contributed by atoms with Crippen LogP contribution in [0, 0.1) is 0 Å². The molecule has 6 nitrogen and oxygen atoms in total. The van der Waals surface area contributed by atoms with Gasteiger partial charge in [-0.25, -0.2) is 4.79 Å². The molecule has 1 atom stereocenters. The Kier molecular flexibility index (Phi) is 17.3. The summed E-state index contributed by atoms with van der Waals surface area (Å²) in [5, 5.41) is 5.48. The van der Waals surface area contributed by atoms with Crippen molar-refractivity contribution in [3.63, 3.8) is 0 Å². The first-order valence-corrected chi connectivity index (χ1v) is 10.8. The fraction of sp³-hybridized carbons (Fsp3) is 0.773. The molecule has 0 saturated carbocycles. The quantitative estimate of drug-likeness (QED) is 0.208. The van der Waals surface area contributed by atoms with Crippen molar-refractivity contribution in [3.05, 3.63) is 12.7 Å². The number of rotatable bonds is 18. The molecule has 0 saturated heterocycles. The second-order valence-corrected chi connectivity index (χ2v) is 7.21. The number of unbranched alkanes of at least 4 members (excludes halogenated alkanes) is 9. The lowest BCUT2D eigenvalue weighted by molar-refractivity contribution is -0.145. The number of amides is 2. The maximum Gasteiger partial charge on any atom is 0.328 e. The Morgan fingerprint density at radius 3 is 2.11 bits per heavy atom. The highest BCUT2D eigenvalue weighted by Crippen LogP contribution is 2.11. The molecule has 0 aromatic heterocycles. The Hall–Kier alpha value is -1.85. The lowest BCUT2D eigenvalue weighted by Crippen LogP contribution is -2.41. The highest BCUT2D eigenvalue weighted by Gasteiger charge is 2.20. The molecule has 0 heterocycles. The van der Waals surface area contributed by atoms with Gasteiger partial charge >= 0.3 is 5.97 Å². The SMILES string of the molecule is C=CC(=O)NCCCCC(NC(=O)CCCCCCCCCCC)C(=O)OC. The van der Waals surface area contributed by atoms with E-state index in [9.17, 15) is 14.4 Å². The summed E-state index contributed by atoms with van der Waals surface area (Å²) in [5.74, 6) is -0.729. The topological polar surface area (TPSA) is 84.5 Å². The number of hydrogen-bond acceptors (Lipinski definition) is 4. The zero-order valence-electron chi connectivity index (χ0n) is 17.9. The normalized spacial score (nSPS) is 11.5. The van der Waals surface area contributed by atoms with Crippen molar-refractivity contribution in [2.24, 2.45) is 0 Å². The van der Waals surface area contributed by atoms with Crippen LogP contribution < -0.4 is 10.6 Å². The van der Waals surface area contributed by atoms with Gasteiger partial charge in [-0.05, 0) is 31.8 Å². The van der Waals surface area contributed by atoms with Crippen LogP contribution in [0.1, 0.15) is 90.4 Å². The Balaban J connectivity index is 3.89. The average Bonchev–Trinajstić information content (AvgIpc) is 2.70. The summed E-state index contributed by atoms with van der Waals surface area (Å²) in [5.41, 5.74) is 0. The van der Waals surface area contributed by atoms with Crippen LogP contribution in [0.5, 0.6) is 0 Å². The zero-order valence-corrected chi connectivity index (χ0v) is 17.9. The van der Waals surface area contributed by atoms with Crippen molar-refractivity contribution in [1.82, 2.24) is 10.6 Å². The van der Waals surface area contributed by atoms with Gasteiger partial charge in [0.25, 0.3) is 0 Å². The van der Waals surface area contributed by atoms with Gasteiger partial charge in [-0.15, -0.1) is 0 Å². The summed E-state index contributed by atoms with van der Waals surface area (Å²) < 4.78 is 4.79. The van der Waals surface area contributed by atoms with Gasteiger partial charge in [-0.3, -0.25) is 9.59 Å². The van der Waals surface area contributed by atoms with E-state index in [0.29, 0.717) is 25.8 Å². The van der Waals surface area contributed by atoms with E-state index in [1.807, 2.05) is 0 Å². The second kappa shape index (κ2) is 18.5. The van der Waals surface area contributed by atoms with Crippen LogP contribution in [0.25, 0.3) is 0 Å². The van der Waals surface area contributed by atoms with Crippen LogP contribution in [-0.4, -0.2) is 37.5 Å². The van der Waals surface area contributed by atoms with Crippen LogP contribution in [0.4, 0.5) is 0 Å². The summed E-state index contributed by atoms with van der Waals surface area (Å²) in [7, 11) is 1.33. The van der Waals surface area contributed by atoms with Crippen LogP contribution in [0.2, 0.25) is 0 Å². The zero-order chi connectivity index (χ0) is 21.0. The van der Waals surface area contributed by atoms with E-state index >= 15 is 0 Å². The van der Waals surface area contributed by atoms with Crippen molar-refractivity contribution in [3.8, 4) is 0 Å². The van der Waals surface area contributed by atoms with Gasteiger partial charge in [0, 0.05) is 13.0 Å². The second-order valence-electron chi connectivity index (χ2n) is 7.21. The summed E-state index contributed by atoms with van der Waals surface area (Å²) >= 11 is 0. The molecule has 2 amide bonds. The van der Waals surface area contributed by atoms with E-state index in [1.54, 1.807) is 0 Å². The lowest BCUT2D eigenvalue weighted by atomic mass is 10.1. The van der Waals surface area contributed by atoms with E-state index in [4.69, 9.17) is 4.74 Å². The molecule has 0 bridgehead atoms. The number of hydrogen-bond donors (Lipinski definition) is 2. The molecule has 0 aliphatic heterocycles. The summed E-state index contributed by atoms with van der Waals surface area (Å²) in [4.78, 5) is 35.1. The van der Waals surface area contributed by atoms with Gasteiger partial charge in [0.05, 0.1) is 7.11 Å². The first kappa shape index (κ1) is 26.1. The third-order valence-corrected chi connectivity index (χ3v) is 4.73. The number of ether oxygens (including phenoxy) is 1. The highest BCUT2D eigenvalue weighted by atomic mass is 16.5. The molecule has 0 aromatic rings. The number of methoxy groups -OCH3 is 1. The third-order valence-electron chi connectivity index (χ3n) is 4.73. The van der Waals surface area contributed by atoms with Crippen LogP contribution in [0.15, 0.2) is 12.7 Å².